The minimum Gasteiger partial charge on any atom is -0.496 e. The molecule has 2 heterocycles. The fraction of sp³-hybridized carbons (Fsp3) is 0.385. The predicted octanol–water partition coefficient (Wildman–Crippen LogP) is 2.63. The van der Waals surface area contributed by atoms with Crippen molar-refractivity contribution in [1.29, 1.82) is 0 Å². The summed E-state index contributed by atoms with van der Waals surface area (Å²) in [5.74, 6) is 0.168. The lowest BCUT2D eigenvalue weighted by atomic mass is 9.77. The summed E-state index contributed by atoms with van der Waals surface area (Å²) in [5, 5.41) is 5.06. The number of piperidine rings is 1. The number of benzene rings is 2. The van der Waals surface area contributed by atoms with Crippen LogP contribution in [0.4, 0.5) is 4.79 Å². The first-order valence-corrected chi connectivity index (χ1v) is 11.8. The summed E-state index contributed by atoms with van der Waals surface area (Å²) in [5.41, 5.74) is 3.23. The maximum Gasteiger partial charge on any atom is 0.407 e. The molecule has 1 atom stereocenters. The fourth-order valence-corrected chi connectivity index (χ4v) is 5.00. The highest BCUT2D eigenvalue weighted by Gasteiger charge is 2.39. The molecular formula is C26H27N3O6. The van der Waals surface area contributed by atoms with Gasteiger partial charge in [0.15, 0.2) is 0 Å². The summed E-state index contributed by atoms with van der Waals surface area (Å²) in [7, 11) is 1.65. The number of rotatable bonds is 6. The molecular weight excluding hydrogens is 450 g/mol. The Morgan fingerprint density at radius 3 is 2.71 bits per heavy atom. The number of ether oxygens (including phenoxy) is 2. The smallest absolute Gasteiger partial charge is 0.407 e. The molecule has 1 saturated carbocycles. The number of fused-ring (bicyclic) bond motifs is 1. The van der Waals surface area contributed by atoms with Crippen molar-refractivity contribution in [2.24, 2.45) is 0 Å². The molecule has 2 aromatic rings. The Morgan fingerprint density at radius 1 is 1.14 bits per heavy atom. The number of hydrogen-bond acceptors (Lipinski definition) is 6. The Balaban J connectivity index is 1.12. The number of carbonyl (C=O) groups is 4. The third-order valence-corrected chi connectivity index (χ3v) is 6.98. The van der Waals surface area contributed by atoms with Crippen LogP contribution >= 0.6 is 0 Å². The summed E-state index contributed by atoms with van der Waals surface area (Å²) in [6, 6.07) is 12.7. The van der Waals surface area contributed by atoms with E-state index in [9.17, 15) is 19.2 Å². The van der Waals surface area contributed by atoms with Crippen molar-refractivity contribution >= 4 is 23.8 Å². The maximum absolute atomic E-state index is 12.9. The SMILES string of the molecule is COc1ccccc1C1CC(OC(=O)NCc2ccc3c(c2)C(=O)N(C2CCC(=O)NC2=O)C3)C1. The topological polar surface area (TPSA) is 114 Å². The molecule has 1 unspecified atom stereocenters. The largest absolute Gasteiger partial charge is 0.496 e. The van der Waals surface area contributed by atoms with Crippen LogP contribution in [-0.4, -0.2) is 48.0 Å². The first kappa shape index (κ1) is 22.9. The first-order chi connectivity index (χ1) is 16.9. The molecule has 2 aliphatic heterocycles. The van der Waals surface area contributed by atoms with Gasteiger partial charge in [0.2, 0.25) is 11.8 Å². The molecule has 1 aliphatic carbocycles. The summed E-state index contributed by atoms with van der Waals surface area (Å²) < 4.78 is 10.9. The van der Waals surface area contributed by atoms with Gasteiger partial charge in [0.05, 0.1) is 7.11 Å². The number of alkyl carbamates (subject to hydrolysis) is 1. The Bertz CT molecular complexity index is 1190. The van der Waals surface area contributed by atoms with E-state index in [1.165, 1.54) is 4.90 Å². The van der Waals surface area contributed by atoms with Crippen molar-refractivity contribution in [3.05, 3.63) is 64.7 Å². The molecule has 3 aliphatic rings. The van der Waals surface area contributed by atoms with Gasteiger partial charge in [-0.05, 0) is 54.0 Å². The second-order valence-corrected chi connectivity index (χ2v) is 9.18. The second kappa shape index (κ2) is 9.40. The van der Waals surface area contributed by atoms with Gasteiger partial charge in [0.25, 0.3) is 5.91 Å². The van der Waals surface area contributed by atoms with Crippen molar-refractivity contribution in [2.45, 2.75) is 56.8 Å². The van der Waals surface area contributed by atoms with Gasteiger partial charge in [-0.1, -0.05) is 30.3 Å². The zero-order chi connectivity index (χ0) is 24.5. The lowest BCUT2D eigenvalue weighted by molar-refractivity contribution is -0.136. The molecule has 2 N–H and O–H groups in total. The van der Waals surface area contributed by atoms with Crippen molar-refractivity contribution in [3.8, 4) is 5.75 Å². The molecule has 0 aromatic heterocycles. The van der Waals surface area contributed by atoms with E-state index in [4.69, 9.17) is 9.47 Å². The van der Waals surface area contributed by atoms with Gasteiger partial charge in [-0.3, -0.25) is 19.7 Å². The van der Waals surface area contributed by atoms with Crippen LogP contribution in [0.2, 0.25) is 0 Å². The molecule has 0 spiro atoms. The predicted molar refractivity (Wildman–Crippen MR) is 125 cm³/mol. The molecule has 9 nitrogen and oxygen atoms in total. The van der Waals surface area contributed by atoms with Gasteiger partial charge in [-0.2, -0.15) is 0 Å². The number of nitrogens with zero attached hydrogens (tertiary/aromatic N) is 1. The first-order valence-electron chi connectivity index (χ1n) is 11.8. The van der Waals surface area contributed by atoms with Crippen LogP contribution in [0.3, 0.4) is 0 Å². The molecule has 1 saturated heterocycles. The second-order valence-electron chi connectivity index (χ2n) is 9.18. The van der Waals surface area contributed by atoms with Crippen LogP contribution < -0.4 is 15.4 Å². The van der Waals surface area contributed by atoms with E-state index in [-0.39, 0.29) is 30.9 Å². The van der Waals surface area contributed by atoms with E-state index >= 15 is 0 Å². The van der Waals surface area contributed by atoms with E-state index in [1.54, 1.807) is 13.2 Å². The average Bonchev–Trinajstić information content (AvgIpc) is 3.15. The third-order valence-electron chi connectivity index (χ3n) is 6.98. The number of carbonyl (C=O) groups excluding carboxylic acids is 4. The van der Waals surface area contributed by atoms with Crippen LogP contribution in [-0.2, 0) is 27.4 Å². The van der Waals surface area contributed by atoms with Gasteiger partial charge in [0.1, 0.15) is 17.9 Å². The van der Waals surface area contributed by atoms with Crippen LogP contribution in [0, 0.1) is 0 Å². The summed E-state index contributed by atoms with van der Waals surface area (Å²) in [6.45, 7) is 0.547. The van der Waals surface area contributed by atoms with Crippen LogP contribution in [0.5, 0.6) is 5.75 Å². The Hall–Kier alpha value is -3.88. The summed E-state index contributed by atoms with van der Waals surface area (Å²) in [4.78, 5) is 50.4. The van der Waals surface area contributed by atoms with Crippen molar-refractivity contribution in [3.63, 3.8) is 0 Å². The number of para-hydroxylation sites is 1. The third kappa shape index (κ3) is 4.58. The standard InChI is InChI=1S/C26H27N3O6/c1-34-22-5-3-2-4-19(22)17-11-18(12-17)35-26(33)27-13-15-6-7-16-14-29(25(32)20(16)10-15)21-8-9-23(30)28-24(21)31/h2-7,10,17-18,21H,8-9,11-14H2,1H3,(H,27,33)(H,28,30,31). The molecule has 35 heavy (non-hydrogen) atoms. The van der Waals surface area contributed by atoms with Crippen molar-refractivity contribution < 1.29 is 28.7 Å². The van der Waals surface area contributed by atoms with Gasteiger partial charge < -0.3 is 19.7 Å². The molecule has 9 heteroatoms. The van der Waals surface area contributed by atoms with Gasteiger partial charge in [0, 0.05) is 25.1 Å². The molecule has 5 rings (SSSR count). The highest BCUT2D eigenvalue weighted by atomic mass is 16.6. The molecule has 182 valence electrons. The number of hydrogen-bond donors (Lipinski definition) is 2. The normalized spacial score (nSPS) is 23.3. The number of nitrogens with one attached hydrogen (secondary N) is 2. The van der Waals surface area contributed by atoms with Crippen LogP contribution in [0.15, 0.2) is 42.5 Å². The summed E-state index contributed by atoms with van der Waals surface area (Å²) >= 11 is 0. The summed E-state index contributed by atoms with van der Waals surface area (Å²) in [6.07, 6.45) is 1.39. The van der Waals surface area contributed by atoms with E-state index < -0.39 is 18.0 Å². The Labute approximate surface area is 202 Å². The number of amides is 4. The minimum atomic E-state index is -0.647. The molecule has 4 amide bonds. The van der Waals surface area contributed by atoms with Gasteiger partial charge in [-0.25, -0.2) is 4.79 Å². The van der Waals surface area contributed by atoms with Crippen LogP contribution in [0.1, 0.15) is 58.6 Å². The Kier molecular flexibility index (Phi) is 6.15. The minimum absolute atomic E-state index is 0.145. The van der Waals surface area contributed by atoms with E-state index in [0.717, 1.165) is 35.3 Å². The van der Waals surface area contributed by atoms with Gasteiger partial charge >= 0.3 is 6.09 Å². The van der Waals surface area contributed by atoms with E-state index in [0.29, 0.717) is 24.4 Å². The van der Waals surface area contributed by atoms with Crippen molar-refractivity contribution in [2.75, 3.05) is 7.11 Å². The van der Waals surface area contributed by atoms with E-state index in [2.05, 4.69) is 10.6 Å². The zero-order valence-electron chi connectivity index (χ0n) is 19.4. The molecule has 2 aromatic carbocycles. The molecule has 0 bridgehead atoms. The monoisotopic (exact) mass is 477 g/mol. The maximum atomic E-state index is 12.9. The fourth-order valence-electron chi connectivity index (χ4n) is 5.00. The van der Waals surface area contributed by atoms with Gasteiger partial charge in [-0.15, -0.1) is 0 Å². The quantitative estimate of drug-likeness (QED) is 0.619. The number of methoxy groups -OCH3 is 1. The highest BCUT2D eigenvalue weighted by molar-refractivity contribution is 6.05. The average molecular weight is 478 g/mol. The van der Waals surface area contributed by atoms with Crippen LogP contribution in [0.25, 0.3) is 0 Å². The molecule has 2 fully saturated rings. The van der Waals surface area contributed by atoms with Crippen molar-refractivity contribution in [1.82, 2.24) is 15.5 Å². The Morgan fingerprint density at radius 2 is 1.94 bits per heavy atom. The lowest BCUT2D eigenvalue weighted by Crippen LogP contribution is -2.52. The zero-order valence-corrected chi connectivity index (χ0v) is 19.4. The highest BCUT2D eigenvalue weighted by Crippen LogP contribution is 2.42. The molecule has 0 radical (unpaired) electrons. The van der Waals surface area contributed by atoms with E-state index in [1.807, 2.05) is 36.4 Å². The number of imide groups is 1. The lowest BCUT2D eigenvalue weighted by Gasteiger charge is -2.35.